The molecule has 1 amide bonds. The molecule has 98 valence electrons. The molecule has 0 aliphatic rings. The van der Waals surface area contributed by atoms with E-state index in [1.165, 1.54) is 6.07 Å². The molecule has 1 aromatic rings. The van der Waals surface area contributed by atoms with E-state index in [1.807, 2.05) is 13.8 Å². The highest BCUT2D eigenvalue weighted by Crippen LogP contribution is 2.17. The summed E-state index contributed by atoms with van der Waals surface area (Å²) < 4.78 is 5.26. The largest absolute Gasteiger partial charge is 0.507 e. The molecule has 1 rings (SSSR count). The van der Waals surface area contributed by atoms with E-state index in [-0.39, 0.29) is 17.2 Å². The van der Waals surface area contributed by atoms with Gasteiger partial charge in [-0.25, -0.2) is 0 Å². The predicted molar refractivity (Wildman–Crippen MR) is 70.8 cm³/mol. The molecule has 2 N–H and O–H groups in total. The number of nitrogens with one attached hydrogen (secondary N) is 1. The van der Waals surface area contributed by atoms with Crippen molar-refractivity contribution < 1.29 is 14.6 Å². The molecule has 0 aliphatic heterocycles. The first kappa shape index (κ1) is 14.3. The Hall–Kier alpha value is -1.81. The van der Waals surface area contributed by atoms with Crippen LogP contribution in [0.3, 0.4) is 0 Å². The smallest absolute Gasteiger partial charge is 0.255 e. The lowest BCUT2D eigenvalue weighted by molar-refractivity contribution is 0.0924. The lowest BCUT2D eigenvalue weighted by Gasteiger charge is -2.08. The first-order valence-electron chi connectivity index (χ1n) is 5.80. The zero-order valence-corrected chi connectivity index (χ0v) is 10.8. The predicted octanol–water partition coefficient (Wildman–Crippen LogP) is 2.02. The van der Waals surface area contributed by atoms with Crippen molar-refractivity contribution in [1.29, 1.82) is 0 Å². The van der Waals surface area contributed by atoms with Crippen LogP contribution in [0.5, 0.6) is 5.75 Å². The van der Waals surface area contributed by atoms with Gasteiger partial charge in [0.1, 0.15) is 5.75 Å². The fourth-order valence-corrected chi connectivity index (χ4v) is 1.41. The van der Waals surface area contributed by atoms with Gasteiger partial charge in [0, 0.05) is 6.54 Å². The third-order valence-corrected chi connectivity index (χ3v) is 2.28. The van der Waals surface area contributed by atoms with E-state index in [0.29, 0.717) is 19.8 Å². The molecule has 0 bridgehead atoms. The number of carbonyl (C=O) groups excluding carboxylic acids is 1. The van der Waals surface area contributed by atoms with Crippen LogP contribution in [0, 0.1) is 6.92 Å². The van der Waals surface area contributed by atoms with Crippen LogP contribution in [0.25, 0.3) is 0 Å². The number of aryl methyl sites for hydroxylation is 1. The first-order chi connectivity index (χ1) is 8.50. The number of benzene rings is 1. The van der Waals surface area contributed by atoms with Crippen LogP contribution in [0.2, 0.25) is 0 Å². The van der Waals surface area contributed by atoms with Gasteiger partial charge >= 0.3 is 0 Å². The van der Waals surface area contributed by atoms with E-state index in [9.17, 15) is 9.90 Å². The third-order valence-electron chi connectivity index (χ3n) is 2.28. The van der Waals surface area contributed by atoms with E-state index in [1.54, 1.807) is 12.1 Å². The van der Waals surface area contributed by atoms with Gasteiger partial charge in [0.25, 0.3) is 5.91 Å². The van der Waals surface area contributed by atoms with Gasteiger partial charge in [-0.3, -0.25) is 4.79 Å². The van der Waals surface area contributed by atoms with Crippen molar-refractivity contribution >= 4 is 5.91 Å². The van der Waals surface area contributed by atoms with Gasteiger partial charge in [-0.15, -0.1) is 0 Å². The van der Waals surface area contributed by atoms with Gasteiger partial charge < -0.3 is 15.2 Å². The fraction of sp³-hybridized carbons (Fsp3) is 0.357. The van der Waals surface area contributed by atoms with Crippen molar-refractivity contribution in [1.82, 2.24) is 5.32 Å². The molecule has 0 saturated carbocycles. The van der Waals surface area contributed by atoms with E-state index >= 15 is 0 Å². The second-order valence-electron chi connectivity index (χ2n) is 4.29. The highest BCUT2D eigenvalue weighted by molar-refractivity contribution is 5.96. The van der Waals surface area contributed by atoms with Gasteiger partial charge in [-0.1, -0.05) is 23.8 Å². The Morgan fingerprint density at radius 1 is 1.50 bits per heavy atom. The lowest BCUT2D eigenvalue weighted by atomic mass is 10.1. The summed E-state index contributed by atoms with van der Waals surface area (Å²) in [4.78, 5) is 11.8. The number of ether oxygens (including phenoxy) is 1. The average molecular weight is 249 g/mol. The van der Waals surface area contributed by atoms with Gasteiger partial charge in [0.05, 0.1) is 18.8 Å². The highest BCUT2D eigenvalue weighted by Gasteiger charge is 2.10. The lowest BCUT2D eigenvalue weighted by Crippen LogP contribution is -2.27. The topological polar surface area (TPSA) is 58.6 Å². The highest BCUT2D eigenvalue weighted by atomic mass is 16.5. The van der Waals surface area contributed by atoms with Crippen LogP contribution in [0.15, 0.2) is 30.4 Å². The maximum Gasteiger partial charge on any atom is 0.255 e. The summed E-state index contributed by atoms with van der Waals surface area (Å²) in [6.07, 6.45) is 0. The number of phenols is 1. The minimum Gasteiger partial charge on any atom is -0.507 e. The molecule has 0 aliphatic carbocycles. The van der Waals surface area contributed by atoms with Crippen molar-refractivity contribution in [2.75, 3.05) is 19.8 Å². The van der Waals surface area contributed by atoms with Crippen LogP contribution in [-0.4, -0.2) is 30.8 Å². The summed E-state index contributed by atoms with van der Waals surface area (Å²) in [6.45, 7) is 8.77. The van der Waals surface area contributed by atoms with Crippen LogP contribution in [-0.2, 0) is 4.74 Å². The van der Waals surface area contributed by atoms with Gasteiger partial charge in [0.2, 0.25) is 0 Å². The second-order valence-corrected chi connectivity index (χ2v) is 4.29. The van der Waals surface area contributed by atoms with E-state index in [4.69, 9.17) is 4.74 Å². The number of rotatable bonds is 6. The van der Waals surface area contributed by atoms with Gasteiger partial charge in [0.15, 0.2) is 0 Å². The number of carbonyl (C=O) groups is 1. The summed E-state index contributed by atoms with van der Waals surface area (Å²) in [5.41, 5.74) is 2.16. The Balaban J connectivity index is 2.41. The third kappa shape index (κ3) is 4.59. The summed E-state index contributed by atoms with van der Waals surface area (Å²) in [6, 6.07) is 4.92. The molecule has 0 radical (unpaired) electrons. The SMILES string of the molecule is C=C(C)COCCNC(=O)c1cc(C)ccc1O. The van der Waals surface area contributed by atoms with Crippen LogP contribution in [0.1, 0.15) is 22.8 Å². The molecular weight excluding hydrogens is 230 g/mol. The quantitative estimate of drug-likeness (QED) is 0.599. The summed E-state index contributed by atoms with van der Waals surface area (Å²) in [7, 11) is 0. The van der Waals surface area contributed by atoms with Crippen molar-refractivity contribution in [3.05, 3.63) is 41.5 Å². The molecule has 4 nitrogen and oxygen atoms in total. The number of hydrogen-bond donors (Lipinski definition) is 2. The second kappa shape index (κ2) is 6.81. The molecule has 0 saturated heterocycles. The number of amides is 1. The summed E-state index contributed by atoms with van der Waals surface area (Å²) in [5, 5.41) is 12.3. The number of hydrogen-bond acceptors (Lipinski definition) is 3. The summed E-state index contributed by atoms with van der Waals surface area (Å²) in [5.74, 6) is -0.309. The molecular formula is C14H19NO3. The molecule has 0 aromatic heterocycles. The molecule has 0 fully saturated rings. The minimum atomic E-state index is -0.296. The molecule has 0 unspecified atom stereocenters. The normalized spacial score (nSPS) is 10.1. The van der Waals surface area contributed by atoms with Crippen LogP contribution >= 0.6 is 0 Å². The van der Waals surface area contributed by atoms with E-state index < -0.39 is 0 Å². The molecule has 0 heterocycles. The van der Waals surface area contributed by atoms with Gasteiger partial charge in [-0.05, 0) is 26.0 Å². The average Bonchev–Trinajstić information content (AvgIpc) is 2.31. The van der Waals surface area contributed by atoms with Gasteiger partial charge in [-0.2, -0.15) is 0 Å². The first-order valence-corrected chi connectivity index (χ1v) is 5.80. The zero-order valence-electron chi connectivity index (χ0n) is 10.8. The van der Waals surface area contributed by atoms with E-state index in [2.05, 4.69) is 11.9 Å². The van der Waals surface area contributed by atoms with Crippen LogP contribution < -0.4 is 5.32 Å². The zero-order chi connectivity index (χ0) is 13.5. The Morgan fingerprint density at radius 2 is 2.22 bits per heavy atom. The van der Waals surface area contributed by atoms with Crippen LogP contribution in [0.4, 0.5) is 0 Å². The minimum absolute atomic E-state index is 0.0130. The van der Waals surface area contributed by atoms with Crippen molar-refractivity contribution in [3.8, 4) is 5.75 Å². The molecule has 18 heavy (non-hydrogen) atoms. The Labute approximate surface area is 107 Å². The Kier molecular flexibility index (Phi) is 5.39. The molecule has 4 heteroatoms. The standard InChI is InChI=1S/C14H19NO3/c1-10(2)9-18-7-6-15-14(17)12-8-11(3)4-5-13(12)16/h4-5,8,16H,1,6-7,9H2,2-3H3,(H,15,17). The monoisotopic (exact) mass is 249 g/mol. The number of aromatic hydroxyl groups is 1. The van der Waals surface area contributed by atoms with Crippen molar-refractivity contribution in [2.24, 2.45) is 0 Å². The van der Waals surface area contributed by atoms with Crippen molar-refractivity contribution in [3.63, 3.8) is 0 Å². The Morgan fingerprint density at radius 3 is 2.89 bits per heavy atom. The molecule has 0 atom stereocenters. The fourth-order valence-electron chi connectivity index (χ4n) is 1.41. The van der Waals surface area contributed by atoms with Crippen molar-refractivity contribution in [2.45, 2.75) is 13.8 Å². The maximum absolute atomic E-state index is 11.8. The Bertz CT molecular complexity index is 441. The maximum atomic E-state index is 11.8. The molecule has 1 aromatic carbocycles. The van der Waals surface area contributed by atoms with E-state index in [0.717, 1.165) is 11.1 Å². The summed E-state index contributed by atoms with van der Waals surface area (Å²) >= 11 is 0. The molecule has 0 spiro atoms. The number of phenolic OH excluding ortho intramolecular Hbond substituents is 1.